The summed E-state index contributed by atoms with van der Waals surface area (Å²) in [7, 11) is 1.47. The monoisotopic (exact) mass is 556 g/mol. The lowest BCUT2D eigenvalue weighted by Gasteiger charge is -2.14. The number of rotatable bonds is 8. The first-order chi connectivity index (χ1) is 17.7. The number of halogens is 2. The number of ether oxygens (including phenoxy) is 2. The van der Waals surface area contributed by atoms with Crippen molar-refractivity contribution in [2.45, 2.75) is 13.5 Å². The van der Waals surface area contributed by atoms with Crippen molar-refractivity contribution in [1.29, 1.82) is 0 Å². The molecule has 0 spiro atoms. The highest BCUT2D eigenvalue weighted by Crippen LogP contribution is 2.37. The van der Waals surface area contributed by atoms with Gasteiger partial charge in [-0.25, -0.2) is 0 Å². The van der Waals surface area contributed by atoms with Gasteiger partial charge >= 0.3 is 0 Å². The standard InChI is InChI=1S/C27H22Cl2N2O5S/c1-16-5-3-6-18(11-16)30-25(32)15-36-22-10-9-17(12-23(22)35-2)13-24-26(33)31(27(34)37-24)14-19-20(28)7-4-8-21(19)29/h3-13H,14-15H2,1-2H3,(H,30,32)/b24-13+. The van der Waals surface area contributed by atoms with E-state index >= 15 is 0 Å². The Labute approximate surface area is 228 Å². The summed E-state index contributed by atoms with van der Waals surface area (Å²) in [5.41, 5.74) is 2.84. The SMILES string of the molecule is COc1cc(/C=C2/SC(=O)N(Cc3c(Cl)cccc3Cl)C2=O)ccc1OCC(=O)Nc1cccc(C)c1. The Balaban J connectivity index is 1.44. The van der Waals surface area contributed by atoms with Gasteiger partial charge in [0.2, 0.25) is 0 Å². The van der Waals surface area contributed by atoms with E-state index in [-0.39, 0.29) is 24.0 Å². The van der Waals surface area contributed by atoms with Crippen LogP contribution in [0.3, 0.4) is 0 Å². The van der Waals surface area contributed by atoms with Gasteiger partial charge in [0.05, 0.1) is 18.6 Å². The maximum Gasteiger partial charge on any atom is 0.293 e. The number of amides is 3. The van der Waals surface area contributed by atoms with E-state index in [0.29, 0.717) is 38.4 Å². The molecule has 0 atom stereocenters. The fourth-order valence-electron chi connectivity index (χ4n) is 3.59. The third-order valence-corrected chi connectivity index (χ3v) is 7.01. The lowest BCUT2D eigenvalue weighted by Crippen LogP contribution is -2.27. The van der Waals surface area contributed by atoms with Crippen molar-refractivity contribution in [2.24, 2.45) is 0 Å². The molecule has 4 rings (SSSR count). The first-order valence-corrected chi connectivity index (χ1v) is 12.7. The average Bonchev–Trinajstić information content (AvgIpc) is 3.12. The summed E-state index contributed by atoms with van der Waals surface area (Å²) in [5.74, 6) is -0.0261. The summed E-state index contributed by atoms with van der Waals surface area (Å²) < 4.78 is 11.1. The molecule has 1 saturated heterocycles. The van der Waals surface area contributed by atoms with E-state index in [9.17, 15) is 14.4 Å². The molecule has 3 aromatic carbocycles. The summed E-state index contributed by atoms with van der Waals surface area (Å²) >= 11 is 13.2. The minimum absolute atomic E-state index is 0.0266. The zero-order valence-corrected chi connectivity index (χ0v) is 22.2. The van der Waals surface area contributed by atoms with Crippen molar-refractivity contribution in [1.82, 2.24) is 4.90 Å². The van der Waals surface area contributed by atoms with Crippen LogP contribution >= 0.6 is 35.0 Å². The fourth-order valence-corrected chi connectivity index (χ4v) is 4.94. The highest BCUT2D eigenvalue weighted by molar-refractivity contribution is 8.18. The van der Waals surface area contributed by atoms with Crippen molar-refractivity contribution in [3.05, 3.63) is 92.3 Å². The van der Waals surface area contributed by atoms with Gasteiger partial charge in [-0.2, -0.15) is 0 Å². The van der Waals surface area contributed by atoms with E-state index in [1.807, 2.05) is 25.1 Å². The molecule has 37 heavy (non-hydrogen) atoms. The Morgan fingerprint density at radius 3 is 2.46 bits per heavy atom. The van der Waals surface area contributed by atoms with Crippen molar-refractivity contribution in [3.8, 4) is 11.5 Å². The van der Waals surface area contributed by atoms with Crippen molar-refractivity contribution in [2.75, 3.05) is 19.0 Å². The molecule has 0 aromatic heterocycles. The third kappa shape index (κ3) is 6.46. The highest BCUT2D eigenvalue weighted by atomic mass is 35.5. The molecule has 190 valence electrons. The van der Waals surface area contributed by atoms with Gasteiger partial charge in [0, 0.05) is 21.3 Å². The van der Waals surface area contributed by atoms with Crippen molar-refractivity contribution in [3.63, 3.8) is 0 Å². The van der Waals surface area contributed by atoms with Crippen LogP contribution in [0.4, 0.5) is 10.5 Å². The molecule has 1 heterocycles. The Morgan fingerprint density at radius 1 is 1.03 bits per heavy atom. The molecule has 1 fully saturated rings. The molecule has 7 nitrogen and oxygen atoms in total. The smallest absolute Gasteiger partial charge is 0.293 e. The molecule has 3 aromatic rings. The van der Waals surface area contributed by atoms with Crippen LogP contribution in [-0.2, 0) is 16.1 Å². The number of hydrogen-bond acceptors (Lipinski definition) is 6. The molecular formula is C27H22Cl2N2O5S. The second-order valence-corrected chi connectivity index (χ2v) is 9.89. The zero-order chi connectivity index (χ0) is 26.5. The van der Waals surface area contributed by atoms with Gasteiger partial charge in [-0.3, -0.25) is 19.3 Å². The number of carbonyl (C=O) groups is 3. The van der Waals surface area contributed by atoms with Crippen LogP contribution in [0.2, 0.25) is 10.0 Å². The number of methoxy groups -OCH3 is 1. The summed E-state index contributed by atoms with van der Waals surface area (Å²) in [6, 6.07) is 17.4. The largest absolute Gasteiger partial charge is 0.493 e. The van der Waals surface area contributed by atoms with Crippen LogP contribution < -0.4 is 14.8 Å². The number of benzene rings is 3. The van der Waals surface area contributed by atoms with Crippen molar-refractivity contribution < 1.29 is 23.9 Å². The maximum atomic E-state index is 12.9. The van der Waals surface area contributed by atoms with E-state index in [4.69, 9.17) is 32.7 Å². The highest BCUT2D eigenvalue weighted by Gasteiger charge is 2.35. The van der Waals surface area contributed by atoms with Gasteiger partial charge in [0.15, 0.2) is 18.1 Å². The van der Waals surface area contributed by atoms with E-state index < -0.39 is 11.1 Å². The molecule has 0 radical (unpaired) electrons. The number of aryl methyl sites for hydroxylation is 1. The van der Waals surface area contributed by atoms with Crippen LogP contribution in [0.15, 0.2) is 65.6 Å². The van der Waals surface area contributed by atoms with Gasteiger partial charge in [-0.15, -0.1) is 0 Å². The van der Waals surface area contributed by atoms with Crippen LogP contribution in [0.1, 0.15) is 16.7 Å². The predicted molar refractivity (Wildman–Crippen MR) is 146 cm³/mol. The first-order valence-electron chi connectivity index (χ1n) is 11.1. The van der Waals surface area contributed by atoms with E-state index in [2.05, 4.69) is 5.32 Å². The van der Waals surface area contributed by atoms with E-state index in [1.54, 1.807) is 48.5 Å². The quantitative estimate of drug-likeness (QED) is 0.316. The zero-order valence-electron chi connectivity index (χ0n) is 19.9. The molecule has 0 unspecified atom stereocenters. The number of anilines is 1. The molecule has 10 heteroatoms. The summed E-state index contributed by atoms with van der Waals surface area (Å²) in [6.45, 7) is 1.70. The van der Waals surface area contributed by atoms with Gasteiger partial charge in [0.1, 0.15) is 0 Å². The normalized spacial score (nSPS) is 14.3. The molecular weight excluding hydrogens is 535 g/mol. The molecule has 0 saturated carbocycles. The Morgan fingerprint density at radius 2 is 1.76 bits per heavy atom. The Kier molecular flexibility index (Phi) is 8.43. The minimum Gasteiger partial charge on any atom is -0.493 e. The fraction of sp³-hybridized carbons (Fsp3) is 0.148. The van der Waals surface area contributed by atoms with Crippen LogP contribution in [-0.4, -0.2) is 35.7 Å². The lowest BCUT2D eigenvalue weighted by molar-refractivity contribution is -0.123. The molecule has 1 aliphatic heterocycles. The molecule has 3 amide bonds. The van der Waals surface area contributed by atoms with Gasteiger partial charge in [0.25, 0.3) is 17.1 Å². The first kappa shape index (κ1) is 26.6. The van der Waals surface area contributed by atoms with Crippen molar-refractivity contribution >= 4 is 63.8 Å². The van der Waals surface area contributed by atoms with Crippen LogP contribution in [0.25, 0.3) is 6.08 Å². The number of hydrogen-bond donors (Lipinski definition) is 1. The third-order valence-electron chi connectivity index (χ3n) is 5.40. The number of imide groups is 1. The summed E-state index contributed by atoms with van der Waals surface area (Å²) in [4.78, 5) is 39.1. The number of nitrogens with zero attached hydrogens (tertiary/aromatic N) is 1. The van der Waals surface area contributed by atoms with Gasteiger partial charge in [-0.05, 0) is 72.3 Å². The summed E-state index contributed by atoms with van der Waals surface area (Å²) in [5, 5.41) is 3.12. The van der Waals surface area contributed by atoms with Crippen LogP contribution in [0, 0.1) is 6.92 Å². The van der Waals surface area contributed by atoms with Gasteiger partial charge < -0.3 is 14.8 Å². The molecule has 1 aliphatic rings. The second kappa shape index (κ2) is 11.7. The number of carbonyl (C=O) groups excluding carboxylic acids is 3. The molecule has 0 aliphatic carbocycles. The second-order valence-electron chi connectivity index (χ2n) is 8.08. The molecule has 0 bridgehead atoms. The topological polar surface area (TPSA) is 84.9 Å². The van der Waals surface area contributed by atoms with Gasteiger partial charge in [-0.1, -0.05) is 47.5 Å². The van der Waals surface area contributed by atoms with E-state index in [0.717, 1.165) is 22.2 Å². The number of thioether (sulfide) groups is 1. The van der Waals surface area contributed by atoms with Crippen LogP contribution in [0.5, 0.6) is 11.5 Å². The summed E-state index contributed by atoms with van der Waals surface area (Å²) in [6.07, 6.45) is 1.59. The van der Waals surface area contributed by atoms with E-state index in [1.165, 1.54) is 7.11 Å². The lowest BCUT2D eigenvalue weighted by atomic mass is 10.1. The Hall–Kier alpha value is -3.46. The predicted octanol–water partition coefficient (Wildman–Crippen LogP) is 6.56. The minimum atomic E-state index is -0.446. The molecule has 1 N–H and O–H groups in total. The number of nitrogens with one attached hydrogen (secondary N) is 1. The average molecular weight is 557 g/mol. The Bertz CT molecular complexity index is 1390. The maximum absolute atomic E-state index is 12.9.